The first-order valence-corrected chi connectivity index (χ1v) is 8.72. The van der Waals surface area contributed by atoms with Gasteiger partial charge in [-0.05, 0) is 44.4 Å². The predicted octanol–water partition coefficient (Wildman–Crippen LogP) is 3.00. The van der Waals surface area contributed by atoms with E-state index in [-0.39, 0.29) is 11.5 Å². The number of anilines is 1. The molecule has 0 bridgehead atoms. The van der Waals surface area contributed by atoms with E-state index in [0.29, 0.717) is 6.61 Å². The zero-order valence-electron chi connectivity index (χ0n) is 14.1. The summed E-state index contributed by atoms with van der Waals surface area (Å²) in [5, 5.41) is 0. The molecule has 0 aliphatic carbocycles. The summed E-state index contributed by atoms with van der Waals surface area (Å²) in [6.07, 6.45) is 5.00. The molecule has 24 heavy (non-hydrogen) atoms. The Bertz CT molecular complexity index is 860. The van der Waals surface area contributed by atoms with Crippen molar-refractivity contribution >= 4 is 11.7 Å². The van der Waals surface area contributed by atoms with Gasteiger partial charge < -0.3 is 9.64 Å². The van der Waals surface area contributed by atoms with Crippen LogP contribution in [0.4, 0.5) is 5.82 Å². The van der Waals surface area contributed by atoms with Crippen molar-refractivity contribution in [2.45, 2.75) is 45.3 Å². The lowest BCUT2D eigenvalue weighted by molar-refractivity contribution is -0.0400. The fourth-order valence-electron chi connectivity index (χ4n) is 4.23. The quantitative estimate of drug-likeness (QED) is 0.691. The standard InChI is InChI=1S/C19H21N3O2/c1-19(2)10-12-13(11-24-19)17(21-7-3-4-8-21)20-16-14-6-5-9-22(14)18(23)15(12)16/h5-6,9H,3-4,7-8,10-11H2,1-2H3. The van der Waals surface area contributed by atoms with Crippen molar-refractivity contribution in [3.8, 4) is 11.4 Å². The van der Waals surface area contributed by atoms with Gasteiger partial charge in [-0.2, -0.15) is 0 Å². The molecule has 0 atom stereocenters. The highest BCUT2D eigenvalue weighted by Gasteiger charge is 2.39. The summed E-state index contributed by atoms with van der Waals surface area (Å²) in [4.78, 5) is 20.3. The monoisotopic (exact) mass is 323 g/mol. The Balaban J connectivity index is 1.78. The molecule has 0 aromatic carbocycles. The van der Waals surface area contributed by atoms with Crippen LogP contribution in [0.1, 0.15) is 48.2 Å². The van der Waals surface area contributed by atoms with Crippen LogP contribution in [-0.2, 0) is 17.8 Å². The molecule has 0 saturated carbocycles. The molecule has 5 heterocycles. The topological polar surface area (TPSA) is 47.4 Å². The second kappa shape index (κ2) is 4.70. The number of carbonyl (C=O) groups excluding carboxylic acids is 1. The van der Waals surface area contributed by atoms with Gasteiger partial charge in [0.25, 0.3) is 5.91 Å². The number of pyridine rings is 1. The highest BCUT2D eigenvalue weighted by molar-refractivity contribution is 6.09. The van der Waals surface area contributed by atoms with Crippen molar-refractivity contribution in [2.75, 3.05) is 18.0 Å². The highest BCUT2D eigenvalue weighted by Crippen LogP contribution is 2.42. The Labute approximate surface area is 141 Å². The zero-order valence-corrected chi connectivity index (χ0v) is 14.1. The van der Waals surface area contributed by atoms with Gasteiger partial charge in [0.05, 0.1) is 23.5 Å². The summed E-state index contributed by atoms with van der Waals surface area (Å²) < 4.78 is 7.79. The molecule has 0 radical (unpaired) electrons. The Kier molecular flexibility index (Phi) is 2.78. The SMILES string of the molecule is CC1(C)Cc2c(c(N3CCCC3)nc3c2C(=O)n2cccc2-3)CO1. The largest absolute Gasteiger partial charge is 0.370 e. The lowest BCUT2D eigenvalue weighted by Gasteiger charge is -2.35. The summed E-state index contributed by atoms with van der Waals surface area (Å²) in [6.45, 7) is 6.81. The smallest absolute Gasteiger partial charge is 0.264 e. The molecule has 1 saturated heterocycles. The van der Waals surface area contributed by atoms with E-state index in [1.807, 2.05) is 18.3 Å². The number of fused-ring (bicyclic) bond motifs is 5. The average Bonchev–Trinajstić information content (AvgIpc) is 3.25. The molecular weight excluding hydrogens is 302 g/mol. The Morgan fingerprint density at radius 1 is 1.21 bits per heavy atom. The summed E-state index contributed by atoms with van der Waals surface area (Å²) >= 11 is 0. The minimum Gasteiger partial charge on any atom is -0.370 e. The van der Waals surface area contributed by atoms with Crippen molar-refractivity contribution in [2.24, 2.45) is 0 Å². The normalized spacial score (nSPS) is 20.9. The van der Waals surface area contributed by atoms with Gasteiger partial charge in [-0.15, -0.1) is 0 Å². The van der Waals surface area contributed by atoms with E-state index in [1.54, 1.807) is 4.57 Å². The van der Waals surface area contributed by atoms with Crippen LogP contribution in [0.5, 0.6) is 0 Å². The van der Waals surface area contributed by atoms with Gasteiger partial charge in [0, 0.05) is 31.3 Å². The average molecular weight is 323 g/mol. The van der Waals surface area contributed by atoms with Crippen LogP contribution in [0.25, 0.3) is 11.4 Å². The number of rotatable bonds is 1. The van der Waals surface area contributed by atoms with Gasteiger partial charge >= 0.3 is 0 Å². The van der Waals surface area contributed by atoms with Gasteiger partial charge in [-0.1, -0.05) is 0 Å². The minimum atomic E-state index is -0.248. The summed E-state index contributed by atoms with van der Waals surface area (Å²) in [5.74, 6) is 1.08. The van der Waals surface area contributed by atoms with Crippen LogP contribution >= 0.6 is 0 Å². The summed E-state index contributed by atoms with van der Waals surface area (Å²) in [7, 11) is 0. The van der Waals surface area contributed by atoms with Crippen LogP contribution in [-0.4, -0.2) is 34.1 Å². The maximum Gasteiger partial charge on any atom is 0.264 e. The Morgan fingerprint density at radius 2 is 2.00 bits per heavy atom. The molecular formula is C19H21N3O2. The first-order valence-electron chi connectivity index (χ1n) is 8.72. The third kappa shape index (κ3) is 1.85. The highest BCUT2D eigenvalue weighted by atomic mass is 16.5. The van der Waals surface area contributed by atoms with E-state index in [4.69, 9.17) is 9.72 Å². The number of aromatic nitrogens is 2. The first kappa shape index (κ1) is 14.2. The van der Waals surface area contributed by atoms with Crippen LogP contribution in [0.15, 0.2) is 18.3 Å². The van der Waals surface area contributed by atoms with E-state index in [9.17, 15) is 4.79 Å². The van der Waals surface area contributed by atoms with Crippen LogP contribution < -0.4 is 4.90 Å². The van der Waals surface area contributed by atoms with Gasteiger partial charge in [-0.25, -0.2) is 4.98 Å². The van der Waals surface area contributed by atoms with E-state index >= 15 is 0 Å². The summed E-state index contributed by atoms with van der Waals surface area (Å²) in [6, 6.07) is 3.90. The zero-order chi connectivity index (χ0) is 16.5. The van der Waals surface area contributed by atoms with Crippen molar-refractivity contribution in [1.82, 2.24) is 9.55 Å². The minimum absolute atomic E-state index is 0.0550. The predicted molar refractivity (Wildman–Crippen MR) is 91.4 cm³/mol. The van der Waals surface area contributed by atoms with Crippen LogP contribution in [0.2, 0.25) is 0 Å². The van der Waals surface area contributed by atoms with Gasteiger partial charge in [-0.3, -0.25) is 9.36 Å². The molecule has 0 unspecified atom stereocenters. The second-order valence-corrected chi connectivity index (χ2v) is 7.60. The molecule has 1 fully saturated rings. The van der Waals surface area contributed by atoms with Gasteiger partial charge in [0.15, 0.2) is 0 Å². The summed E-state index contributed by atoms with van der Waals surface area (Å²) in [5.41, 5.74) is 4.58. The molecule has 5 nitrogen and oxygen atoms in total. The molecule has 2 aromatic rings. The Morgan fingerprint density at radius 3 is 2.79 bits per heavy atom. The molecule has 0 spiro atoms. The Hall–Kier alpha value is -2.14. The number of hydrogen-bond donors (Lipinski definition) is 0. The van der Waals surface area contributed by atoms with E-state index in [1.165, 1.54) is 12.8 Å². The maximum absolute atomic E-state index is 12.9. The molecule has 5 heteroatoms. The number of ether oxygens (including phenoxy) is 1. The van der Waals surface area contributed by atoms with Crippen molar-refractivity contribution in [3.63, 3.8) is 0 Å². The second-order valence-electron chi connectivity index (χ2n) is 7.60. The molecule has 3 aliphatic heterocycles. The number of nitrogens with zero attached hydrogens (tertiary/aromatic N) is 3. The number of hydrogen-bond acceptors (Lipinski definition) is 4. The van der Waals surface area contributed by atoms with Gasteiger partial charge in [0.2, 0.25) is 0 Å². The third-order valence-corrected chi connectivity index (χ3v) is 5.43. The van der Waals surface area contributed by atoms with E-state index < -0.39 is 0 Å². The van der Waals surface area contributed by atoms with E-state index in [2.05, 4.69) is 18.7 Å². The van der Waals surface area contributed by atoms with E-state index in [0.717, 1.165) is 53.4 Å². The number of carbonyl (C=O) groups is 1. The molecule has 0 amide bonds. The fraction of sp³-hybridized carbons (Fsp3) is 0.474. The molecule has 2 aromatic heterocycles. The lowest BCUT2D eigenvalue weighted by Crippen LogP contribution is -2.35. The van der Waals surface area contributed by atoms with Crippen molar-refractivity contribution in [3.05, 3.63) is 35.0 Å². The molecule has 0 N–H and O–H groups in total. The van der Waals surface area contributed by atoms with Gasteiger partial charge in [0.1, 0.15) is 11.5 Å². The molecule has 124 valence electrons. The van der Waals surface area contributed by atoms with Crippen molar-refractivity contribution < 1.29 is 9.53 Å². The molecule has 5 rings (SSSR count). The fourth-order valence-corrected chi connectivity index (χ4v) is 4.23. The first-order chi connectivity index (χ1) is 11.6. The van der Waals surface area contributed by atoms with Crippen LogP contribution in [0, 0.1) is 0 Å². The third-order valence-electron chi connectivity index (χ3n) is 5.43. The maximum atomic E-state index is 12.9. The lowest BCUT2D eigenvalue weighted by atomic mass is 9.88. The molecule has 3 aliphatic rings. The van der Waals surface area contributed by atoms with Crippen LogP contribution in [0.3, 0.4) is 0 Å². The van der Waals surface area contributed by atoms with Crippen molar-refractivity contribution in [1.29, 1.82) is 0 Å².